The molecule has 0 radical (unpaired) electrons. The Morgan fingerprint density at radius 1 is 1.32 bits per heavy atom. The fourth-order valence-electron chi connectivity index (χ4n) is 3.83. The number of hydrogen-bond donors (Lipinski definition) is 0. The molecule has 1 aromatic rings. The van der Waals surface area contributed by atoms with Gasteiger partial charge in [-0.2, -0.15) is 0 Å². The van der Waals surface area contributed by atoms with Crippen LogP contribution in [-0.4, -0.2) is 0 Å². The van der Waals surface area contributed by atoms with Crippen molar-refractivity contribution in [3.8, 4) is 0 Å². The molecular formula is C21H27N. The van der Waals surface area contributed by atoms with E-state index in [1.54, 1.807) is 0 Å². The number of fused-ring (bicyclic) bond motifs is 2. The average molecular weight is 293 g/mol. The van der Waals surface area contributed by atoms with Crippen LogP contribution >= 0.6 is 0 Å². The van der Waals surface area contributed by atoms with E-state index in [1.165, 1.54) is 33.8 Å². The van der Waals surface area contributed by atoms with Crippen LogP contribution in [0.15, 0.2) is 53.4 Å². The summed E-state index contributed by atoms with van der Waals surface area (Å²) in [4.78, 5) is 2.47. The summed E-state index contributed by atoms with van der Waals surface area (Å²) in [7, 11) is 0. The van der Waals surface area contributed by atoms with Crippen molar-refractivity contribution in [1.82, 2.24) is 0 Å². The van der Waals surface area contributed by atoms with Crippen molar-refractivity contribution in [2.45, 2.75) is 53.4 Å². The van der Waals surface area contributed by atoms with Crippen LogP contribution in [0.5, 0.6) is 0 Å². The lowest BCUT2D eigenvalue weighted by Gasteiger charge is -2.47. The van der Waals surface area contributed by atoms with Crippen LogP contribution in [0, 0.1) is 12.8 Å². The molecule has 0 N–H and O–H groups in total. The number of aryl methyl sites for hydroxylation is 1. The lowest BCUT2D eigenvalue weighted by atomic mass is 9.69. The molecule has 0 bridgehead atoms. The smallest absolute Gasteiger partial charge is 0.0528 e. The van der Waals surface area contributed by atoms with Gasteiger partial charge in [0.25, 0.3) is 0 Å². The average Bonchev–Trinajstić information content (AvgIpc) is 2.47. The summed E-state index contributed by atoms with van der Waals surface area (Å²) in [6.45, 7) is 13.6. The van der Waals surface area contributed by atoms with Crippen molar-refractivity contribution in [3.05, 3.63) is 64.5 Å². The van der Waals surface area contributed by atoms with Gasteiger partial charge in [-0.3, -0.25) is 0 Å². The molecule has 22 heavy (non-hydrogen) atoms. The molecule has 1 nitrogen and oxygen atoms in total. The molecule has 1 atom stereocenters. The van der Waals surface area contributed by atoms with Gasteiger partial charge in [-0.05, 0) is 49.8 Å². The molecule has 0 spiro atoms. The Bertz CT molecular complexity index is 701. The van der Waals surface area contributed by atoms with Gasteiger partial charge in [0.2, 0.25) is 0 Å². The van der Waals surface area contributed by atoms with Crippen molar-refractivity contribution in [3.63, 3.8) is 0 Å². The molecule has 1 heteroatoms. The number of allylic oxidation sites excluding steroid dienone is 5. The first kappa shape index (κ1) is 15.1. The lowest BCUT2D eigenvalue weighted by Crippen LogP contribution is -2.38. The summed E-state index contributed by atoms with van der Waals surface area (Å²) in [5.41, 5.74) is 8.40. The van der Waals surface area contributed by atoms with E-state index in [-0.39, 0.29) is 5.41 Å². The van der Waals surface area contributed by atoms with Gasteiger partial charge in [0.15, 0.2) is 0 Å². The molecule has 116 valence electrons. The normalized spacial score (nSPS) is 23.5. The minimum absolute atomic E-state index is 0.0673. The Balaban J connectivity index is 2.36. The van der Waals surface area contributed by atoms with Gasteiger partial charge in [-0.1, -0.05) is 57.2 Å². The van der Waals surface area contributed by atoms with E-state index >= 15 is 0 Å². The molecule has 1 aliphatic heterocycles. The summed E-state index contributed by atoms with van der Waals surface area (Å²) in [5, 5.41) is 0. The highest BCUT2D eigenvalue weighted by molar-refractivity contribution is 5.77. The highest BCUT2D eigenvalue weighted by atomic mass is 15.2. The van der Waals surface area contributed by atoms with E-state index in [2.05, 4.69) is 82.9 Å². The van der Waals surface area contributed by atoms with Gasteiger partial charge in [0, 0.05) is 16.8 Å². The molecule has 0 fully saturated rings. The van der Waals surface area contributed by atoms with Crippen LogP contribution in [0.1, 0.15) is 52.2 Å². The van der Waals surface area contributed by atoms with E-state index in [9.17, 15) is 0 Å². The Morgan fingerprint density at radius 3 is 2.73 bits per heavy atom. The van der Waals surface area contributed by atoms with Crippen molar-refractivity contribution in [1.29, 1.82) is 0 Å². The van der Waals surface area contributed by atoms with Crippen molar-refractivity contribution >= 4 is 5.69 Å². The molecule has 0 saturated heterocycles. The Labute approximate surface area is 135 Å². The monoisotopic (exact) mass is 293 g/mol. The van der Waals surface area contributed by atoms with E-state index in [1.807, 2.05) is 0 Å². The summed E-state index contributed by atoms with van der Waals surface area (Å²) >= 11 is 0. The number of rotatable bonds is 1. The van der Waals surface area contributed by atoms with Gasteiger partial charge in [0.05, 0.1) is 5.69 Å². The van der Waals surface area contributed by atoms with Crippen LogP contribution in [0.4, 0.5) is 5.69 Å². The molecule has 0 saturated carbocycles. The topological polar surface area (TPSA) is 3.24 Å². The zero-order valence-electron chi connectivity index (χ0n) is 14.7. The molecule has 0 aromatic heterocycles. The lowest BCUT2D eigenvalue weighted by molar-refractivity contribution is 0.581. The standard InChI is InChI=1S/C21H27N/c1-7-16(4)22-19-13-14(2)11-12-17(19)21(5,6)18-10-8-9-15(3)20(18)22/h7-10,12-14H,11H2,1-6H3. The zero-order chi connectivity index (χ0) is 16.1. The fourth-order valence-corrected chi connectivity index (χ4v) is 3.83. The number of anilines is 1. The Kier molecular flexibility index (Phi) is 3.55. The third kappa shape index (κ3) is 2.06. The molecule has 1 aromatic carbocycles. The second kappa shape index (κ2) is 5.15. The second-order valence-corrected chi connectivity index (χ2v) is 7.24. The highest BCUT2D eigenvalue weighted by Gasteiger charge is 2.40. The van der Waals surface area contributed by atoms with E-state index in [0.29, 0.717) is 5.92 Å². The molecule has 1 unspecified atom stereocenters. The van der Waals surface area contributed by atoms with Crippen LogP contribution in [0.2, 0.25) is 0 Å². The van der Waals surface area contributed by atoms with Crippen LogP contribution < -0.4 is 4.90 Å². The molecule has 1 heterocycles. The molecule has 3 rings (SSSR count). The molecule has 1 aliphatic carbocycles. The third-order valence-corrected chi connectivity index (χ3v) is 5.23. The van der Waals surface area contributed by atoms with Gasteiger partial charge in [-0.15, -0.1) is 0 Å². The summed E-state index contributed by atoms with van der Waals surface area (Å²) in [6, 6.07) is 6.72. The van der Waals surface area contributed by atoms with Gasteiger partial charge in [0.1, 0.15) is 0 Å². The van der Waals surface area contributed by atoms with Gasteiger partial charge >= 0.3 is 0 Å². The zero-order valence-corrected chi connectivity index (χ0v) is 14.7. The predicted molar refractivity (Wildman–Crippen MR) is 96.1 cm³/mol. The van der Waals surface area contributed by atoms with Crippen molar-refractivity contribution < 1.29 is 0 Å². The maximum Gasteiger partial charge on any atom is 0.0528 e. The van der Waals surface area contributed by atoms with Crippen molar-refractivity contribution in [2.75, 3.05) is 4.90 Å². The maximum absolute atomic E-state index is 2.47. The van der Waals surface area contributed by atoms with Crippen molar-refractivity contribution in [2.24, 2.45) is 5.92 Å². The summed E-state index contributed by atoms with van der Waals surface area (Å²) in [5.74, 6) is 0.604. The van der Waals surface area contributed by atoms with Crippen LogP contribution in [-0.2, 0) is 5.41 Å². The van der Waals surface area contributed by atoms with Gasteiger partial charge in [-0.25, -0.2) is 0 Å². The number of nitrogens with zero attached hydrogens (tertiary/aromatic N) is 1. The number of hydrogen-bond acceptors (Lipinski definition) is 1. The van der Waals surface area contributed by atoms with E-state index in [0.717, 1.165) is 6.42 Å². The molecule has 2 aliphatic rings. The second-order valence-electron chi connectivity index (χ2n) is 7.24. The Hall–Kier alpha value is -1.76. The third-order valence-electron chi connectivity index (χ3n) is 5.23. The summed E-state index contributed by atoms with van der Waals surface area (Å²) in [6.07, 6.45) is 8.28. The first-order valence-corrected chi connectivity index (χ1v) is 8.34. The number of benzene rings is 1. The quantitative estimate of drug-likeness (QED) is 0.626. The van der Waals surface area contributed by atoms with Gasteiger partial charge < -0.3 is 4.90 Å². The number of para-hydroxylation sites is 1. The van der Waals surface area contributed by atoms with Crippen LogP contribution in [0.25, 0.3) is 0 Å². The minimum atomic E-state index is 0.0673. The first-order chi connectivity index (χ1) is 10.4. The molecular weight excluding hydrogens is 266 g/mol. The maximum atomic E-state index is 2.47. The first-order valence-electron chi connectivity index (χ1n) is 8.34. The fraction of sp³-hybridized carbons (Fsp3) is 0.429. The predicted octanol–water partition coefficient (Wildman–Crippen LogP) is 5.87. The van der Waals surface area contributed by atoms with Crippen LogP contribution in [0.3, 0.4) is 0 Å². The Morgan fingerprint density at radius 2 is 2.05 bits per heavy atom. The van der Waals surface area contributed by atoms with E-state index < -0.39 is 0 Å². The largest absolute Gasteiger partial charge is 0.314 e. The molecule has 0 amide bonds. The van der Waals surface area contributed by atoms with E-state index in [4.69, 9.17) is 0 Å². The highest BCUT2D eigenvalue weighted by Crippen LogP contribution is 2.51. The minimum Gasteiger partial charge on any atom is -0.314 e. The SMILES string of the molecule is CC=C(C)N1C2=CC(C)CC=C2C(C)(C)c2cccc(C)c21. The summed E-state index contributed by atoms with van der Waals surface area (Å²) < 4.78 is 0.